The molecule has 1 aliphatic carbocycles. The van der Waals surface area contributed by atoms with E-state index >= 15 is 0 Å². The summed E-state index contributed by atoms with van der Waals surface area (Å²) in [6.45, 7) is 4.26. The van der Waals surface area contributed by atoms with Gasteiger partial charge in [0.05, 0.1) is 22.9 Å². The van der Waals surface area contributed by atoms with Gasteiger partial charge in [-0.15, -0.1) is 11.3 Å². The number of hydrogen-bond donors (Lipinski definition) is 2. The Bertz CT molecular complexity index is 984. The van der Waals surface area contributed by atoms with Crippen molar-refractivity contribution in [2.75, 3.05) is 5.32 Å². The highest BCUT2D eigenvalue weighted by Crippen LogP contribution is 2.39. The smallest absolute Gasteiger partial charge is 0.365 e. The van der Waals surface area contributed by atoms with E-state index in [1.807, 2.05) is 0 Å². The van der Waals surface area contributed by atoms with Crippen molar-refractivity contribution in [2.45, 2.75) is 52.5 Å². The molecule has 0 saturated heterocycles. The Morgan fingerprint density at radius 2 is 2.21 bits per heavy atom. The highest BCUT2D eigenvalue weighted by atomic mass is 79.9. The number of nitrogens with zero attached hydrogens (tertiary/aromatic N) is 3. The number of primary amides is 1. The van der Waals surface area contributed by atoms with E-state index in [1.54, 1.807) is 6.92 Å². The second-order valence-corrected chi connectivity index (χ2v) is 9.17. The maximum atomic E-state index is 12.4. The molecular formula is C18H22BrN5O4S. The van der Waals surface area contributed by atoms with Crippen LogP contribution in [0.15, 0.2) is 4.47 Å². The van der Waals surface area contributed by atoms with Gasteiger partial charge in [-0.25, -0.2) is 0 Å². The summed E-state index contributed by atoms with van der Waals surface area (Å²) >= 11 is 4.61. The van der Waals surface area contributed by atoms with E-state index in [4.69, 9.17) is 5.73 Å². The largest absolute Gasteiger partial charge is 0.404 e. The molecule has 3 rings (SSSR count). The monoisotopic (exact) mass is 483 g/mol. The first-order chi connectivity index (χ1) is 13.7. The first-order valence-electron chi connectivity index (χ1n) is 9.30. The van der Waals surface area contributed by atoms with Crippen LogP contribution in [0.5, 0.6) is 0 Å². The zero-order valence-corrected chi connectivity index (χ0v) is 18.6. The van der Waals surface area contributed by atoms with Crippen molar-refractivity contribution in [1.82, 2.24) is 9.78 Å². The maximum absolute atomic E-state index is 12.4. The number of hydrogen-bond acceptors (Lipinski definition) is 6. The molecule has 3 N–H and O–H groups in total. The highest BCUT2D eigenvalue weighted by Gasteiger charge is 2.27. The van der Waals surface area contributed by atoms with Crippen LogP contribution in [-0.2, 0) is 24.2 Å². The normalized spacial score (nSPS) is 15.8. The Morgan fingerprint density at radius 3 is 2.83 bits per heavy atom. The van der Waals surface area contributed by atoms with Gasteiger partial charge in [0.25, 0.3) is 5.91 Å². The van der Waals surface area contributed by atoms with Crippen molar-refractivity contribution < 1.29 is 14.5 Å². The summed E-state index contributed by atoms with van der Waals surface area (Å²) in [6.07, 6.45) is 3.34. The summed E-state index contributed by atoms with van der Waals surface area (Å²) in [5.41, 5.74) is 7.62. The summed E-state index contributed by atoms with van der Waals surface area (Å²) in [7, 11) is 0. The number of amides is 2. The average molecular weight is 484 g/mol. The van der Waals surface area contributed by atoms with Crippen LogP contribution >= 0.6 is 27.3 Å². The summed E-state index contributed by atoms with van der Waals surface area (Å²) < 4.78 is 1.85. The molecule has 2 aromatic heterocycles. The fourth-order valence-electron chi connectivity index (χ4n) is 3.52. The number of anilines is 1. The molecule has 0 unspecified atom stereocenters. The van der Waals surface area contributed by atoms with Gasteiger partial charge in [-0.3, -0.25) is 9.59 Å². The number of halogens is 1. The van der Waals surface area contributed by atoms with Gasteiger partial charge in [-0.05, 0) is 64.9 Å². The van der Waals surface area contributed by atoms with Crippen molar-refractivity contribution >= 4 is 49.9 Å². The van der Waals surface area contributed by atoms with E-state index in [-0.39, 0.29) is 18.1 Å². The van der Waals surface area contributed by atoms with Gasteiger partial charge >= 0.3 is 5.82 Å². The molecular weight excluding hydrogens is 462 g/mol. The Hall–Kier alpha value is -2.27. The van der Waals surface area contributed by atoms with Crippen LogP contribution in [0.4, 0.5) is 10.8 Å². The van der Waals surface area contributed by atoms with E-state index in [2.05, 4.69) is 33.3 Å². The van der Waals surface area contributed by atoms with Crippen molar-refractivity contribution in [2.24, 2.45) is 11.7 Å². The van der Waals surface area contributed by atoms with Crippen LogP contribution in [0.3, 0.4) is 0 Å². The lowest BCUT2D eigenvalue weighted by Gasteiger charge is -2.18. The second kappa shape index (κ2) is 8.62. The van der Waals surface area contributed by atoms with E-state index in [9.17, 15) is 19.7 Å². The van der Waals surface area contributed by atoms with Gasteiger partial charge in [0.15, 0.2) is 0 Å². The molecule has 29 heavy (non-hydrogen) atoms. The number of carbonyl (C=O) groups excluding carboxylic acids is 2. The van der Waals surface area contributed by atoms with Crippen LogP contribution < -0.4 is 11.1 Å². The lowest BCUT2D eigenvalue weighted by molar-refractivity contribution is -0.390. The zero-order chi connectivity index (χ0) is 21.3. The van der Waals surface area contributed by atoms with Crippen LogP contribution in [0.2, 0.25) is 0 Å². The molecule has 2 heterocycles. The predicted octanol–water partition coefficient (Wildman–Crippen LogP) is 3.57. The molecule has 1 aliphatic rings. The fourth-order valence-corrected chi connectivity index (χ4v) is 5.38. The Morgan fingerprint density at radius 1 is 1.48 bits per heavy atom. The third-order valence-corrected chi connectivity index (χ3v) is 7.17. The standard InChI is InChI=1S/C18H22BrN5O4S/c1-9-5-6-11-12(8-9)29-18(14(11)16(20)26)21-13(25)4-3-7-23-10(2)15(19)17(22-23)24(27)28/h9H,3-8H2,1-2H3,(H2,20,26)(H,21,25)/t9-/m1/s1. The number of aromatic nitrogens is 2. The fraction of sp³-hybridized carbons (Fsp3) is 0.500. The molecule has 2 aromatic rings. The van der Waals surface area contributed by atoms with Gasteiger partial charge in [-0.2, -0.15) is 4.68 Å². The molecule has 0 bridgehead atoms. The molecule has 1 atom stereocenters. The minimum atomic E-state index is -0.551. The maximum Gasteiger partial charge on any atom is 0.404 e. The molecule has 0 aliphatic heterocycles. The van der Waals surface area contributed by atoms with Crippen LogP contribution in [0.1, 0.15) is 52.7 Å². The minimum Gasteiger partial charge on any atom is -0.365 e. The molecule has 2 amide bonds. The van der Waals surface area contributed by atoms with Crippen molar-refractivity contribution in [1.29, 1.82) is 0 Å². The number of nitrogens with two attached hydrogens (primary N) is 1. The molecule has 11 heteroatoms. The van der Waals surface area contributed by atoms with E-state index < -0.39 is 10.8 Å². The van der Waals surface area contributed by atoms with Gasteiger partial charge in [0.1, 0.15) is 9.47 Å². The number of nitrogens with one attached hydrogen (secondary N) is 1. The quantitative estimate of drug-likeness (QED) is 0.458. The first-order valence-corrected chi connectivity index (χ1v) is 10.9. The summed E-state index contributed by atoms with van der Waals surface area (Å²) in [4.78, 5) is 35.9. The number of fused-ring (bicyclic) bond motifs is 1. The van der Waals surface area contributed by atoms with E-state index in [0.29, 0.717) is 39.6 Å². The number of carbonyl (C=O) groups is 2. The van der Waals surface area contributed by atoms with Crippen molar-refractivity contribution in [3.05, 3.63) is 36.3 Å². The summed E-state index contributed by atoms with van der Waals surface area (Å²) in [5.74, 6) is -0.434. The summed E-state index contributed by atoms with van der Waals surface area (Å²) in [5, 5.41) is 18.3. The Labute approximate surface area is 179 Å². The van der Waals surface area contributed by atoms with Crippen LogP contribution in [0.25, 0.3) is 0 Å². The molecule has 0 fully saturated rings. The molecule has 9 nitrogen and oxygen atoms in total. The highest BCUT2D eigenvalue weighted by molar-refractivity contribution is 9.10. The second-order valence-electron chi connectivity index (χ2n) is 7.28. The molecule has 0 saturated carbocycles. The van der Waals surface area contributed by atoms with E-state index in [0.717, 1.165) is 29.7 Å². The SMILES string of the molecule is Cc1c(Br)c([N+](=O)[O-])nn1CCCC(=O)Nc1sc2c(c1C(N)=O)CC[C@@H](C)C2. The van der Waals surface area contributed by atoms with Gasteiger partial charge in [0, 0.05) is 11.3 Å². The lowest BCUT2D eigenvalue weighted by Crippen LogP contribution is -2.19. The molecule has 0 radical (unpaired) electrons. The van der Waals surface area contributed by atoms with Crippen LogP contribution in [-0.4, -0.2) is 26.5 Å². The lowest BCUT2D eigenvalue weighted by atomic mass is 9.88. The number of nitro groups is 1. The minimum absolute atomic E-state index is 0.196. The number of aryl methyl sites for hydroxylation is 1. The Kier molecular flexibility index (Phi) is 6.37. The van der Waals surface area contributed by atoms with Crippen LogP contribution in [0, 0.1) is 23.0 Å². The van der Waals surface area contributed by atoms with Crippen molar-refractivity contribution in [3.8, 4) is 0 Å². The zero-order valence-electron chi connectivity index (χ0n) is 16.2. The molecule has 0 aromatic carbocycles. The van der Waals surface area contributed by atoms with Gasteiger partial charge < -0.3 is 21.2 Å². The number of rotatable bonds is 7. The molecule has 156 valence electrons. The van der Waals surface area contributed by atoms with Crippen molar-refractivity contribution in [3.63, 3.8) is 0 Å². The Balaban J connectivity index is 1.64. The number of thiophene rings is 1. The predicted molar refractivity (Wildman–Crippen MR) is 113 cm³/mol. The average Bonchev–Trinajstić information content (AvgIpc) is 3.13. The third-order valence-electron chi connectivity index (χ3n) is 5.07. The van der Waals surface area contributed by atoms with Gasteiger partial charge in [-0.1, -0.05) is 6.92 Å². The summed E-state index contributed by atoms with van der Waals surface area (Å²) in [6, 6.07) is 0. The topological polar surface area (TPSA) is 133 Å². The first kappa shape index (κ1) is 21.4. The van der Waals surface area contributed by atoms with Gasteiger partial charge in [0.2, 0.25) is 5.91 Å². The molecule has 0 spiro atoms. The third kappa shape index (κ3) is 4.50. The van der Waals surface area contributed by atoms with E-state index in [1.165, 1.54) is 16.0 Å².